The van der Waals surface area contributed by atoms with Gasteiger partial charge in [-0.3, -0.25) is 14.9 Å². The van der Waals surface area contributed by atoms with Crippen molar-refractivity contribution < 1.29 is 14.4 Å². The van der Waals surface area contributed by atoms with E-state index in [4.69, 9.17) is 0 Å². The first-order valence-electron chi connectivity index (χ1n) is 8.58. The van der Waals surface area contributed by atoms with Crippen LogP contribution in [0.5, 0.6) is 0 Å². The molecule has 0 radical (unpaired) electrons. The first-order chi connectivity index (χ1) is 12.8. The lowest BCUT2D eigenvalue weighted by molar-refractivity contribution is -0.142. The number of amides is 4. The van der Waals surface area contributed by atoms with E-state index in [1.165, 1.54) is 0 Å². The van der Waals surface area contributed by atoms with Crippen LogP contribution < -0.4 is 15.1 Å². The number of hydrogen-bond donors (Lipinski definition) is 1. The van der Waals surface area contributed by atoms with Gasteiger partial charge in [-0.2, -0.15) is 0 Å². The van der Waals surface area contributed by atoms with Crippen molar-refractivity contribution in [3.63, 3.8) is 0 Å². The fraction of sp³-hybridized carbons (Fsp3) is 0.250. The van der Waals surface area contributed by atoms with Gasteiger partial charge in [0.25, 0.3) is 5.91 Å². The Bertz CT molecular complexity index is 973. The largest absolute Gasteiger partial charge is 0.373 e. The van der Waals surface area contributed by atoms with Gasteiger partial charge in [0.05, 0.1) is 5.69 Å². The average molecular weight is 475 g/mol. The molecule has 0 saturated carbocycles. The zero-order valence-electron chi connectivity index (χ0n) is 15.0. The van der Waals surface area contributed by atoms with E-state index in [2.05, 4.69) is 27.9 Å². The highest BCUT2D eigenvalue weighted by Gasteiger charge is 2.56. The fourth-order valence-electron chi connectivity index (χ4n) is 3.90. The Labute approximate surface area is 170 Å². The summed E-state index contributed by atoms with van der Waals surface area (Å²) in [4.78, 5) is 41.8. The van der Waals surface area contributed by atoms with Gasteiger partial charge in [-0.05, 0) is 71.8 Å². The summed E-state index contributed by atoms with van der Waals surface area (Å²) in [5.41, 5.74) is 2.14. The molecule has 4 amide bonds. The van der Waals surface area contributed by atoms with Gasteiger partial charge in [-0.15, -0.1) is 0 Å². The summed E-state index contributed by atoms with van der Waals surface area (Å²) in [6, 6.07) is 12.4. The number of rotatable bonds is 1. The number of imide groups is 2. The molecule has 4 rings (SSSR count). The molecule has 0 unspecified atom stereocenters. The lowest BCUT2D eigenvalue weighted by Crippen LogP contribution is -2.68. The second-order valence-corrected chi connectivity index (χ2v) is 8.37. The van der Waals surface area contributed by atoms with Crippen molar-refractivity contribution in [2.45, 2.75) is 13.3 Å². The number of aryl methyl sites for hydroxylation is 1. The second-order valence-electron chi connectivity index (χ2n) is 7.12. The molecule has 6 nitrogen and oxygen atoms in total. The third-order valence-corrected chi connectivity index (χ3v) is 5.92. The van der Waals surface area contributed by atoms with E-state index < -0.39 is 23.3 Å². The number of benzene rings is 2. The molecule has 2 aliphatic heterocycles. The topological polar surface area (TPSA) is 69.7 Å². The van der Waals surface area contributed by atoms with Gasteiger partial charge in [-0.25, -0.2) is 9.69 Å². The highest BCUT2D eigenvalue weighted by atomic mass is 127. The molecule has 7 heteroatoms. The summed E-state index contributed by atoms with van der Waals surface area (Å²) >= 11 is 2.16. The highest BCUT2D eigenvalue weighted by Crippen LogP contribution is 2.40. The van der Waals surface area contributed by atoms with Crippen LogP contribution in [0.4, 0.5) is 16.2 Å². The smallest absolute Gasteiger partial charge is 0.335 e. The van der Waals surface area contributed by atoms with Gasteiger partial charge < -0.3 is 4.90 Å². The molecule has 0 aromatic heterocycles. The minimum atomic E-state index is -1.33. The minimum Gasteiger partial charge on any atom is -0.373 e. The number of halogens is 1. The standard InChI is InChI=1S/C20H18IN3O3/c1-12-3-8-16-13(9-12)10-20(11-23(16)2)17(25)22-19(27)24(18(20)26)15-6-4-14(21)5-7-15/h3-9H,10-11H2,1-2H3,(H,22,25,27)/t20-/m1/s1. The number of anilines is 2. The zero-order chi connectivity index (χ0) is 19.3. The predicted molar refractivity (Wildman–Crippen MR) is 111 cm³/mol. The Morgan fingerprint density at radius 3 is 2.48 bits per heavy atom. The van der Waals surface area contributed by atoms with Gasteiger partial charge in [0.2, 0.25) is 5.91 Å². The minimum absolute atomic E-state index is 0.224. The van der Waals surface area contributed by atoms with Crippen LogP contribution in [-0.2, 0) is 16.0 Å². The monoisotopic (exact) mass is 475 g/mol. The molecule has 1 spiro atoms. The second kappa shape index (κ2) is 6.33. The van der Waals surface area contributed by atoms with Gasteiger partial charge >= 0.3 is 6.03 Å². The van der Waals surface area contributed by atoms with E-state index in [1.54, 1.807) is 12.1 Å². The molecule has 2 aromatic rings. The molecule has 2 heterocycles. The molecule has 2 aliphatic rings. The third-order valence-electron chi connectivity index (χ3n) is 5.20. The van der Waals surface area contributed by atoms with Gasteiger partial charge in [0.1, 0.15) is 0 Å². The molecule has 1 saturated heterocycles. The van der Waals surface area contributed by atoms with E-state index in [9.17, 15) is 14.4 Å². The van der Waals surface area contributed by atoms with Crippen molar-refractivity contribution in [2.24, 2.45) is 5.41 Å². The Morgan fingerprint density at radius 1 is 1.07 bits per heavy atom. The van der Waals surface area contributed by atoms with Crippen LogP contribution in [0.25, 0.3) is 0 Å². The van der Waals surface area contributed by atoms with Crippen LogP contribution in [0.2, 0.25) is 0 Å². The van der Waals surface area contributed by atoms with E-state index in [0.717, 1.165) is 25.3 Å². The Kier molecular flexibility index (Phi) is 4.21. The van der Waals surface area contributed by atoms with E-state index in [1.807, 2.05) is 49.2 Å². The van der Waals surface area contributed by atoms with Gasteiger partial charge in [-0.1, -0.05) is 17.7 Å². The van der Waals surface area contributed by atoms with Crippen molar-refractivity contribution in [2.75, 3.05) is 23.4 Å². The quantitative estimate of drug-likeness (QED) is 0.509. The maximum atomic E-state index is 13.5. The van der Waals surface area contributed by atoms with Crippen LogP contribution in [0.3, 0.4) is 0 Å². The maximum Gasteiger partial charge on any atom is 0.335 e. The van der Waals surface area contributed by atoms with Crippen molar-refractivity contribution in [3.8, 4) is 0 Å². The summed E-state index contributed by atoms with van der Waals surface area (Å²) in [5.74, 6) is -1.00. The summed E-state index contributed by atoms with van der Waals surface area (Å²) in [6.45, 7) is 2.20. The number of nitrogens with one attached hydrogen (secondary N) is 1. The average Bonchev–Trinajstić information content (AvgIpc) is 2.61. The highest BCUT2D eigenvalue weighted by molar-refractivity contribution is 14.1. The van der Waals surface area contributed by atoms with E-state index in [0.29, 0.717) is 5.69 Å². The molecule has 2 aromatic carbocycles. The number of hydrogen-bond acceptors (Lipinski definition) is 4. The summed E-state index contributed by atoms with van der Waals surface area (Å²) in [6.07, 6.45) is 0.271. The third kappa shape index (κ3) is 2.80. The number of carbonyl (C=O) groups is 3. The maximum absolute atomic E-state index is 13.5. The van der Waals surface area contributed by atoms with Crippen molar-refractivity contribution in [3.05, 3.63) is 57.2 Å². The molecule has 1 atom stereocenters. The molecular weight excluding hydrogens is 457 g/mol. The Balaban J connectivity index is 1.80. The Hall–Kier alpha value is -2.42. The first-order valence-corrected chi connectivity index (χ1v) is 9.66. The lowest BCUT2D eigenvalue weighted by atomic mass is 9.74. The van der Waals surface area contributed by atoms with Gasteiger partial charge in [0, 0.05) is 22.8 Å². The molecule has 1 fully saturated rings. The number of fused-ring (bicyclic) bond motifs is 1. The van der Waals surface area contributed by atoms with Crippen LogP contribution in [0, 0.1) is 15.9 Å². The molecule has 0 aliphatic carbocycles. The number of carbonyl (C=O) groups excluding carboxylic acids is 3. The summed E-state index contributed by atoms with van der Waals surface area (Å²) in [5, 5.41) is 2.40. The van der Waals surface area contributed by atoms with Gasteiger partial charge in [0.15, 0.2) is 5.41 Å². The zero-order valence-corrected chi connectivity index (χ0v) is 17.1. The summed E-state index contributed by atoms with van der Waals surface area (Å²) in [7, 11) is 1.86. The predicted octanol–water partition coefficient (Wildman–Crippen LogP) is 2.86. The molecule has 1 N–H and O–H groups in total. The summed E-state index contributed by atoms with van der Waals surface area (Å²) < 4.78 is 0.994. The normalized spacial score (nSPS) is 22.1. The van der Waals surface area contributed by atoms with Crippen LogP contribution in [-0.4, -0.2) is 31.4 Å². The van der Waals surface area contributed by atoms with E-state index >= 15 is 0 Å². The molecule has 0 bridgehead atoms. The lowest BCUT2D eigenvalue weighted by Gasteiger charge is -2.45. The van der Waals surface area contributed by atoms with Crippen molar-refractivity contribution >= 4 is 51.8 Å². The van der Waals surface area contributed by atoms with Crippen LogP contribution in [0.1, 0.15) is 11.1 Å². The van der Waals surface area contributed by atoms with E-state index in [-0.39, 0.29) is 13.0 Å². The SMILES string of the molecule is Cc1ccc2c(c1)C[C@@]1(CN2C)C(=O)NC(=O)N(c2ccc(I)cc2)C1=O. The van der Waals surface area contributed by atoms with Crippen LogP contribution >= 0.6 is 22.6 Å². The van der Waals surface area contributed by atoms with Crippen molar-refractivity contribution in [1.82, 2.24) is 5.32 Å². The molecule has 138 valence electrons. The van der Waals surface area contributed by atoms with Crippen LogP contribution in [0.15, 0.2) is 42.5 Å². The molecule has 27 heavy (non-hydrogen) atoms. The number of nitrogens with zero attached hydrogens (tertiary/aromatic N) is 2. The van der Waals surface area contributed by atoms with Crippen molar-refractivity contribution in [1.29, 1.82) is 0 Å². The molecular formula is C20H18IN3O3. The first kappa shape index (κ1) is 18.0. The Morgan fingerprint density at radius 2 is 1.78 bits per heavy atom. The number of barbiturate groups is 1. The number of urea groups is 1. The fourth-order valence-corrected chi connectivity index (χ4v) is 4.25.